The van der Waals surface area contributed by atoms with Crippen molar-refractivity contribution < 1.29 is 19.8 Å². The minimum absolute atomic E-state index is 0.229. The molecule has 0 aliphatic carbocycles. The topological polar surface area (TPSA) is 81.1 Å². The molecule has 4 aromatic carbocycles. The molecule has 4 aromatic rings. The molecule has 0 spiro atoms. The quantitative estimate of drug-likeness (QED) is 0.352. The van der Waals surface area contributed by atoms with Crippen molar-refractivity contribution in [2.45, 2.75) is 0 Å². The molecule has 1 aliphatic heterocycles. The van der Waals surface area contributed by atoms with Gasteiger partial charge in [-0.05, 0) is 72.8 Å². The van der Waals surface area contributed by atoms with Gasteiger partial charge >= 0.3 is 11.9 Å². The average Bonchev–Trinajstić information content (AvgIpc) is 2.82. The Morgan fingerprint density at radius 1 is 0.469 bits per heavy atom. The number of carboxylic acid groups (broad SMARTS) is 2. The lowest BCUT2D eigenvalue weighted by atomic mass is 10.0. The van der Waals surface area contributed by atoms with Crippen LogP contribution in [0.4, 0.5) is 34.1 Å². The maximum atomic E-state index is 11.3. The van der Waals surface area contributed by atoms with Gasteiger partial charge in [-0.15, -0.1) is 0 Å². The highest BCUT2D eigenvalue weighted by Gasteiger charge is 2.30. The molecule has 0 bridgehead atoms. The van der Waals surface area contributed by atoms with Crippen molar-refractivity contribution in [3.8, 4) is 0 Å². The highest BCUT2D eigenvalue weighted by atomic mass is 16.4. The van der Waals surface area contributed by atoms with Gasteiger partial charge in [-0.25, -0.2) is 9.59 Å². The van der Waals surface area contributed by atoms with E-state index in [1.807, 2.05) is 48.5 Å². The molecule has 0 unspecified atom stereocenters. The molecular weight excluding hydrogens is 404 g/mol. The van der Waals surface area contributed by atoms with Crippen LogP contribution in [0.25, 0.3) is 0 Å². The number of anilines is 6. The second-order valence-electron chi connectivity index (χ2n) is 7.35. The predicted molar refractivity (Wildman–Crippen MR) is 123 cm³/mol. The molecule has 1 heterocycles. The number of hydrogen-bond acceptors (Lipinski definition) is 4. The summed E-state index contributed by atoms with van der Waals surface area (Å²) in [6.07, 6.45) is 0. The average molecular weight is 422 g/mol. The van der Waals surface area contributed by atoms with Gasteiger partial charge in [0.15, 0.2) is 0 Å². The van der Waals surface area contributed by atoms with Crippen LogP contribution < -0.4 is 9.80 Å². The van der Waals surface area contributed by atoms with Crippen LogP contribution in [0.15, 0.2) is 97.1 Å². The van der Waals surface area contributed by atoms with Crippen LogP contribution in [0.2, 0.25) is 0 Å². The Bertz CT molecular complexity index is 1180. The van der Waals surface area contributed by atoms with Crippen molar-refractivity contribution in [3.63, 3.8) is 0 Å². The Hall–Kier alpha value is -4.58. The lowest BCUT2D eigenvalue weighted by molar-refractivity contribution is 0.0686. The Kier molecular flexibility index (Phi) is 4.60. The number of fused-ring (bicyclic) bond motifs is 2. The number of carboxylic acids is 2. The van der Waals surface area contributed by atoms with Gasteiger partial charge in [-0.1, -0.05) is 24.3 Å². The molecule has 6 nitrogen and oxygen atoms in total. The summed E-state index contributed by atoms with van der Waals surface area (Å²) in [5, 5.41) is 18.5. The summed E-state index contributed by atoms with van der Waals surface area (Å²) in [7, 11) is 0. The first-order valence-electron chi connectivity index (χ1n) is 9.99. The molecular formula is C26H18N2O4. The van der Waals surface area contributed by atoms with Crippen LogP contribution in [0.1, 0.15) is 20.7 Å². The molecule has 0 saturated heterocycles. The number of hydrogen-bond donors (Lipinski definition) is 2. The van der Waals surface area contributed by atoms with Crippen LogP contribution >= 0.6 is 0 Å². The van der Waals surface area contributed by atoms with Crippen molar-refractivity contribution in [3.05, 3.63) is 108 Å². The molecule has 0 saturated carbocycles. The number of benzene rings is 4. The van der Waals surface area contributed by atoms with E-state index in [0.29, 0.717) is 0 Å². The summed E-state index contributed by atoms with van der Waals surface area (Å²) in [6, 6.07) is 29.4. The van der Waals surface area contributed by atoms with Crippen LogP contribution in [0.3, 0.4) is 0 Å². The van der Waals surface area contributed by atoms with Gasteiger partial charge in [0, 0.05) is 11.4 Å². The fourth-order valence-electron chi connectivity index (χ4n) is 4.01. The van der Waals surface area contributed by atoms with Gasteiger partial charge in [-0.2, -0.15) is 0 Å². The molecule has 156 valence electrons. The summed E-state index contributed by atoms with van der Waals surface area (Å²) in [4.78, 5) is 26.8. The first-order chi connectivity index (χ1) is 15.5. The highest BCUT2D eigenvalue weighted by molar-refractivity contribution is 6.02. The SMILES string of the molecule is O=C(O)c1ccc(N2c3ccccc3N(c3ccc(C(=O)O)cc3)c3ccccc32)cc1. The van der Waals surface area contributed by atoms with Crippen LogP contribution in [-0.4, -0.2) is 22.2 Å². The zero-order chi connectivity index (χ0) is 22.2. The van der Waals surface area contributed by atoms with Crippen molar-refractivity contribution in [2.75, 3.05) is 9.80 Å². The third-order valence-electron chi connectivity index (χ3n) is 5.47. The first-order valence-corrected chi connectivity index (χ1v) is 9.99. The van der Waals surface area contributed by atoms with Gasteiger partial charge in [0.05, 0.1) is 33.9 Å². The zero-order valence-corrected chi connectivity index (χ0v) is 16.8. The van der Waals surface area contributed by atoms with E-state index in [1.54, 1.807) is 48.5 Å². The second-order valence-corrected chi connectivity index (χ2v) is 7.35. The zero-order valence-electron chi connectivity index (χ0n) is 16.8. The van der Waals surface area contributed by atoms with Crippen molar-refractivity contribution >= 4 is 46.1 Å². The van der Waals surface area contributed by atoms with Gasteiger partial charge in [0.2, 0.25) is 0 Å². The summed E-state index contributed by atoms with van der Waals surface area (Å²) in [5.74, 6) is -1.93. The van der Waals surface area contributed by atoms with Gasteiger partial charge < -0.3 is 20.0 Å². The fourth-order valence-corrected chi connectivity index (χ4v) is 4.01. The summed E-state index contributed by atoms with van der Waals surface area (Å²) in [6.45, 7) is 0. The van der Waals surface area contributed by atoms with E-state index in [2.05, 4.69) is 9.80 Å². The molecule has 32 heavy (non-hydrogen) atoms. The molecule has 6 heteroatoms. The maximum Gasteiger partial charge on any atom is 0.335 e. The molecule has 0 fully saturated rings. The molecule has 0 atom stereocenters. The second kappa shape index (κ2) is 7.59. The van der Waals surface area contributed by atoms with Gasteiger partial charge in [-0.3, -0.25) is 0 Å². The van der Waals surface area contributed by atoms with Crippen molar-refractivity contribution in [1.29, 1.82) is 0 Å². The summed E-state index contributed by atoms with van der Waals surface area (Å²) in [5.41, 5.74) is 5.85. The van der Waals surface area contributed by atoms with E-state index in [0.717, 1.165) is 34.1 Å². The van der Waals surface area contributed by atoms with E-state index >= 15 is 0 Å². The third kappa shape index (κ3) is 3.15. The smallest absolute Gasteiger partial charge is 0.335 e. The maximum absolute atomic E-state index is 11.3. The monoisotopic (exact) mass is 422 g/mol. The largest absolute Gasteiger partial charge is 0.478 e. The number of nitrogens with zero attached hydrogens (tertiary/aromatic N) is 2. The Labute approximate surface area is 184 Å². The van der Waals surface area contributed by atoms with Gasteiger partial charge in [0.1, 0.15) is 0 Å². The molecule has 1 aliphatic rings. The van der Waals surface area contributed by atoms with E-state index in [9.17, 15) is 19.8 Å². The Morgan fingerprint density at radius 2 is 0.750 bits per heavy atom. The molecule has 0 amide bonds. The minimum atomic E-state index is -0.966. The predicted octanol–water partition coefficient (Wildman–Crippen LogP) is 6.34. The third-order valence-corrected chi connectivity index (χ3v) is 5.47. The van der Waals surface area contributed by atoms with E-state index < -0.39 is 11.9 Å². The number of aromatic carboxylic acids is 2. The van der Waals surface area contributed by atoms with Gasteiger partial charge in [0.25, 0.3) is 0 Å². The number of para-hydroxylation sites is 4. The lowest BCUT2D eigenvalue weighted by Gasteiger charge is -2.40. The standard InChI is InChI=1S/C26H18N2O4/c29-25(30)17-9-13-19(14-10-17)27-21-5-1-2-6-22(21)28(24-8-4-3-7-23(24)27)20-15-11-18(12-16-20)26(31)32/h1-16H,(H,29,30)(H,31,32). The van der Waals surface area contributed by atoms with Crippen LogP contribution in [0.5, 0.6) is 0 Å². The summed E-state index contributed by atoms with van der Waals surface area (Å²) >= 11 is 0. The highest BCUT2D eigenvalue weighted by Crippen LogP contribution is 2.53. The molecule has 5 rings (SSSR count). The first kappa shape index (κ1) is 19.4. The normalized spacial score (nSPS) is 12.1. The fraction of sp³-hybridized carbons (Fsp3) is 0. The van der Waals surface area contributed by atoms with Crippen LogP contribution in [-0.2, 0) is 0 Å². The Balaban J connectivity index is 1.69. The molecule has 0 aromatic heterocycles. The van der Waals surface area contributed by atoms with E-state index in [4.69, 9.17) is 0 Å². The molecule has 2 N–H and O–H groups in total. The van der Waals surface area contributed by atoms with Crippen LogP contribution in [0, 0.1) is 0 Å². The number of carbonyl (C=O) groups is 2. The van der Waals surface area contributed by atoms with E-state index in [1.165, 1.54) is 0 Å². The van der Waals surface area contributed by atoms with Crippen molar-refractivity contribution in [2.24, 2.45) is 0 Å². The molecule has 0 radical (unpaired) electrons. The number of rotatable bonds is 4. The van der Waals surface area contributed by atoms with E-state index in [-0.39, 0.29) is 11.1 Å². The minimum Gasteiger partial charge on any atom is -0.478 e. The van der Waals surface area contributed by atoms with Crippen molar-refractivity contribution in [1.82, 2.24) is 0 Å². The summed E-state index contributed by atoms with van der Waals surface area (Å²) < 4.78 is 0. The lowest BCUT2D eigenvalue weighted by Crippen LogP contribution is -2.24. The Morgan fingerprint density at radius 3 is 1.00 bits per heavy atom.